The molecule has 1 atom stereocenters. The standard InChI is InChI=1S/C7H10O9/c8-1-3(9)2-16-7(4(10)11,5(12)13)6(14)15/h3,8-9H,1-2H2,(H,10,11)(H,12,13)(H,14,15). The molecule has 0 saturated carbocycles. The first-order valence-electron chi connectivity index (χ1n) is 3.92. The summed E-state index contributed by atoms with van der Waals surface area (Å²) >= 11 is 0. The Morgan fingerprint density at radius 1 is 1.06 bits per heavy atom. The van der Waals surface area contributed by atoms with Crippen molar-refractivity contribution in [2.45, 2.75) is 11.7 Å². The van der Waals surface area contributed by atoms with E-state index in [1.807, 2.05) is 0 Å². The molecule has 0 aliphatic heterocycles. The zero-order valence-electron chi connectivity index (χ0n) is 7.86. The molecular formula is C7H10O9. The highest BCUT2D eigenvalue weighted by atomic mass is 16.6. The van der Waals surface area contributed by atoms with Gasteiger partial charge in [0.15, 0.2) is 0 Å². The van der Waals surface area contributed by atoms with Crippen molar-refractivity contribution in [3.8, 4) is 0 Å². The van der Waals surface area contributed by atoms with E-state index in [9.17, 15) is 14.4 Å². The third kappa shape index (κ3) is 2.66. The summed E-state index contributed by atoms with van der Waals surface area (Å²) in [6.45, 7) is -1.77. The van der Waals surface area contributed by atoms with Crippen molar-refractivity contribution < 1.29 is 44.7 Å². The van der Waals surface area contributed by atoms with E-state index in [1.165, 1.54) is 0 Å². The molecule has 0 amide bonds. The maximum atomic E-state index is 10.6. The smallest absolute Gasteiger partial charge is 0.360 e. The summed E-state index contributed by atoms with van der Waals surface area (Å²) in [5.41, 5.74) is -3.49. The minimum Gasteiger partial charge on any atom is -0.478 e. The lowest BCUT2D eigenvalue weighted by molar-refractivity contribution is -0.197. The van der Waals surface area contributed by atoms with Crippen molar-refractivity contribution in [3.05, 3.63) is 0 Å². The van der Waals surface area contributed by atoms with Crippen molar-refractivity contribution >= 4 is 17.9 Å². The van der Waals surface area contributed by atoms with Gasteiger partial charge in [-0.1, -0.05) is 0 Å². The molecule has 0 radical (unpaired) electrons. The van der Waals surface area contributed by atoms with Crippen molar-refractivity contribution in [1.82, 2.24) is 0 Å². The summed E-state index contributed by atoms with van der Waals surface area (Å²) < 4.78 is 4.16. The highest BCUT2D eigenvalue weighted by Crippen LogP contribution is 2.13. The Balaban J connectivity index is 5.00. The van der Waals surface area contributed by atoms with Gasteiger partial charge in [-0.3, -0.25) is 0 Å². The Labute approximate surface area is 88.5 Å². The van der Waals surface area contributed by atoms with Crippen LogP contribution >= 0.6 is 0 Å². The molecule has 9 heteroatoms. The third-order valence-corrected chi connectivity index (χ3v) is 1.61. The molecule has 0 aliphatic carbocycles. The second-order valence-corrected chi connectivity index (χ2v) is 2.74. The predicted octanol–water partition coefficient (Wildman–Crippen LogP) is -2.65. The van der Waals surface area contributed by atoms with E-state index in [1.54, 1.807) is 0 Å². The Kier molecular flexibility index (Phi) is 4.82. The largest absolute Gasteiger partial charge is 0.478 e. The zero-order chi connectivity index (χ0) is 12.9. The molecule has 0 bridgehead atoms. The molecule has 0 aromatic heterocycles. The highest BCUT2D eigenvalue weighted by Gasteiger charge is 2.56. The van der Waals surface area contributed by atoms with Gasteiger partial charge in [0.05, 0.1) is 13.2 Å². The van der Waals surface area contributed by atoms with Crippen LogP contribution in [0.25, 0.3) is 0 Å². The zero-order valence-corrected chi connectivity index (χ0v) is 7.86. The van der Waals surface area contributed by atoms with E-state index in [-0.39, 0.29) is 0 Å². The molecule has 92 valence electrons. The monoisotopic (exact) mass is 238 g/mol. The van der Waals surface area contributed by atoms with Gasteiger partial charge in [0.1, 0.15) is 6.10 Å². The van der Waals surface area contributed by atoms with Crippen LogP contribution in [-0.4, -0.2) is 68.4 Å². The normalized spacial score (nSPS) is 13.1. The summed E-state index contributed by atoms with van der Waals surface area (Å²) in [5.74, 6) is -6.71. The first-order chi connectivity index (χ1) is 7.28. The molecule has 0 spiro atoms. The van der Waals surface area contributed by atoms with Gasteiger partial charge in [-0.2, -0.15) is 0 Å². The molecule has 0 aromatic rings. The van der Waals surface area contributed by atoms with Gasteiger partial charge < -0.3 is 30.3 Å². The number of rotatable bonds is 7. The maximum absolute atomic E-state index is 10.6. The molecule has 0 aromatic carbocycles. The second-order valence-electron chi connectivity index (χ2n) is 2.74. The molecule has 9 nitrogen and oxygen atoms in total. The number of ether oxygens (including phenoxy) is 1. The van der Waals surface area contributed by atoms with Gasteiger partial charge in [-0.25, -0.2) is 14.4 Å². The second kappa shape index (κ2) is 5.39. The molecule has 5 N–H and O–H groups in total. The van der Waals surface area contributed by atoms with E-state index in [0.717, 1.165) is 0 Å². The van der Waals surface area contributed by atoms with E-state index in [0.29, 0.717) is 0 Å². The first-order valence-corrected chi connectivity index (χ1v) is 3.92. The molecular weight excluding hydrogens is 228 g/mol. The van der Waals surface area contributed by atoms with Crippen LogP contribution in [0.3, 0.4) is 0 Å². The number of aliphatic hydroxyl groups excluding tert-OH is 2. The Hall–Kier alpha value is -1.71. The Bertz CT molecular complexity index is 260. The van der Waals surface area contributed by atoms with Crippen molar-refractivity contribution in [2.75, 3.05) is 13.2 Å². The molecule has 0 heterocycles. The van der Waals surface area contributed by atoms with Gasteiger partial charge in [0.2, 0.25) is 0 Å². The van der Waals surface area contributed by atoms with Crippen LogP contribution in [0.5, 0.6) is 0 Å². The van der Waals surface area contributed by atoms with Gasteiger partial charge >= 0.3 is 23.5 Å². The van der Waals surface area contributed by atoms with Crippen LogP contribution in [-0.2, 0) is 19.1 Å². The third-order valence-electron chi connectivity index (χ3n) is 1.61. The number of carboxylic acids is 3. The Morgan fingerprint density at radius 3 is 1.69 bits per heavy atom. The van der Waals surface area contributed by atoms with Crippen LogP contribution < -0.4 is 0 Å². The fourth-order valence-electron chi connectivity index (χ4n) is 0.734. The van der Waals surface area contributed by atoms with Crippen LogP contribution in [0.4, 0.5) is 0 Å². The lowest BCUT2D eigenvalue weighted by Crippen LogP contribution is -2.56. The fraction of sp³-hybridized carbons (Fsp3) is 0.571. The van der Waals surface area contributed by atoms with Gasteiger partial charge in [0, 0.05) is 0 Å². The average Bonchev–Trinajstić information content (AvgIpc) is 2.16. The lowest BCUT2D eigenvalue weighted by atomic mass is 10.1. The molecule has 0 rings (SSSR count). The number of aliphatic carboxylic acids is 3. The van der Waals surface area contributed by atoms with Crippen molar-refractivity contribution in [3.63, 3.8) is 0 Å². The number of carbonyl (C=O) groups is 3. The van der Waals surface area contributed by atoms with E-state index in [2.05, 4.69) is 4.74 Å². The minimum absolute atomic E-state index is 0.824. The average molecular weight is 238 g/mol. The van der Waals surface area contributed by atoms with E-state index < -0.39 is 42.8 Å². The first kappa shape index (κ1) is 14.3. The highest BCUT2D eigenvalue weighted by molar-refractivity contribution is 6.20. The number of carboxylic acid groups (broad SMARTS) is 3. The number of hydrogen-bond donors (Lipinski definition) is 5. The Morgan fingerprint density at radius 2 is 1.44 bits per heavy atom. The van der Waals surface area contributed by atoms with Crippen LogP contribution in [0.2, 0.25) is 0 Å². The summed E-state index contributed by atoms with van der Waals surface area (Å²) in [4.78, 5) is 31.7. The van der Waals surface area contributed by atoms with E-state index in [4.69, 9.17) is 25.5 Å². The maximum Gasteiger partial charge on any atom is 0.360 e. The van der Waals surface area contributed by atoms with Crippen LogP contribution in [0, 0.1) is 0 Å². The fourth-order valence-corrected chi connectivity index (χ4v) is 0.734. The topological polar surface area (TPSA) is 162 Å². The van der Waals surface area contributed by atoms with Crippen LogP contribution in [0.15, 0.2) is 0 Å². The molecule has 0 saturated heterocycles. The van der Waals surface area contributed by atoms with Gasteiger partial charge in [-0.05, 0) is 0 Å². The summed E-state index contributed by atoms with van der Waals surface area (Å²) in [6.07, 6.45) is -1.57. The number of aliphatic hydroxyl groups is 2. The van der Waals surface area contributed by atoms with Crippen LogP contribution in [0.1, 0.15) is 0 Å². The quantitative estimate of drug-likeness (QED) is 0.298. The molecule has 16 heavy (non-hydrogen) atoms. The molecule has 0 fully saturated rings. The molecule has 1 unspecified atom stereocenters. The number of hydrogen-bond acceptors (Lipinski definition) is 6. The van der Waals surface area contributed by atoms with Gasteiger partial charge in [-0.15, -0.1) is 0 Å². The SMILES string of the molecule is O=C(O)C(OCC(O)CO)(C(=O)O)C(=O)O. The minimum atomic E-state index is -3.49. The van der Waals surface area contributed by atoms with Crippen molar-refractivity contribution in [1.29, 1.82) is 0 Å². The summed E-state index contributed by atoms with van der Waals surface area (Å²) in [5, 5.41) is 42.7. The molecule has 0 aliphatic rings. The van der Waals surface area contributed by atoms with Gasteiger partial charge in [0.25, 0.3) is 0 Å². The lowest BCUT2D eigenvalue weighted by Gasteiger charge is -2.21. The summed E-state index contributed by atoms with van der Waals surface area (Å²) in [6, 6.07) is 0. The summed E-state index contributed by atoms with van der Waals surface area (Å²) in [7, 11) is 0. The predicted molar refractivity (Wildman–Crippen MR) is 44.7 cm³/mol. The van der Waals surface area contributed by atoms with Crippen molar-refractivity contribution in [2.24, 2.45) is 0 Å². The van der Waals surface area contributed by atoms with E-state index >= 15 is 0 Å².